The van der Waals surface area contributed by atoms with Crippen molar-refractivity contribution in [2.75, 3.05) is 20.3 Å². The van der Waals surface area contributed by atoms with E-state index < -0.39 is 11.6 Å². The molecule has 0 N–H and O–H groups in total. The molecule has 7 nitrogen and oxygen atoms in total. The van der Waals surface area contributed by atoms with Gasteiger partial charge in [-0.15, -0.1) is 0 Å². The van der Waals surface area contributed by atoms with Crippen LogP contribution in [0.4, 0.5) is 0 Å². The molecule has 3 aromatic rings. The first kappa shape index (κ1) is 18.6. The van der Waals surface area contributed by atoms with Crippen LogP contribution in [-0.2, 0) is 4.79 Å². The summed E-state index contributed by atoms with van der Waals surface area (Å²) >= 11 is 0. The molecule has 4 rings (SSSR count). The Morgan fingerprint density at radius 3 is 2.76 bits per heavy atom. The molecule has 0 atom stereocenters. The summed E-state index contributed by atoms with van der Waals surface area (Å²) < 4.78 is 26.9. The minimum atomic E-state index is -0.576. The number of hydrogen-bond acceptors (Lipinski definition) is 7. The van der Waals surface area contributed by atoms with Crippen molar-refractivity contribution in [1.29, 1.82) is 0 Å². The van der Waals surface area contributed by atoms with E-state index in [0.29, 0.717) is 41.6 Å². The van der Waals surface area contributed by atoms with E-state index in [-0.39, 0.29) is 5.75 Å². The highest BCUT2D eigenvalue weighted by molar-refractivity contribution is 5.90. The van der Waals surface area contributed by atoms with E-state index in [1.807, 2.05) is 6.92 Å². The second-order valence-corrected chi connectivity index (χ2v) is 6.41. The first-order valence-corrected chi connectivity index (χ1v) is 8.95. The molecule has 2 heterocycles. The number of methoxy groups -OCH3 is 1. The number of rotatable bonds is 4. The van der Waals surface area contributed by atoms with Crippen molar-refractivity contribution in [2.45, 2.75) is 6.92 Å². The van der Waals surface area contributed by atoms with E-state index in [2.05, 4.69) is 0 Å². The molecule has 0 unspecified atom stereocenters. The fourth-order valence-corrected chi connectivity index (χ4v) is 3.07. The summed E-state index contributed by atoms with van der Waals surface area (Å²) in [4.78, 5) is 23.7. The Morgan fingerprint density at radius 2 is 1.93 bits per heavy atom. The molecular formula is C22H18O7. The Hall–Kier alpha value is -3.74. The quantitative estimate of drug-likeness (QED) is 0.290. The molecule has 2 aromatic carbocycles. The fraction of sp³-hybridized carbons (Fsp3) is 0.182. The smallest absolute Gasteiger partial charge is 0.336 e. The van der Waals surface area contributed by atoms with Crippen molar-refractivity contribution in [3.05, 3.63) is 64.0 Å². The molecule has 0 aliphatic carbocycles. The number of aryl methyl sites for hydroxylation is 1. The third-order valence-electron chi connectivity index (χ3n) is 4.40. The monoisotopic (exact) mass is 394 g/mol. The Kier molecular flexibility index (Phi) is 4.95. The van der Waals surface area contributed by atoms with Crippen LogP contribution in [-0.4, -0.2) is 26.3 Å². The number of benzene rings is 2. The molecule has 0 bridgehead atoms. The van der Waals surface area contributed by atoms with Crippen LogP contribution in [0.3, 0.4) is 0 Å². The van der Waals surface area contributed by atoms with Gasteiger partial charge in [-0.05, 0) is 48.4 Å². The highest BCUT2D eigenvalue weighted by Gasteiger charge is 2.18. The zero-order valence-corrected chi connectivity index (χ0v) is 15.9. The third kappa shape index (κ3) is 3.94. The number of esters is 1. The van der Waals surface area contributed by atoms with Gasteiger partial charge >= 0.3 is 11.6 Å². The van der Waals surface area contributed by atoms with Gasteiger partial charge in [-0.2, -0.15) is 0 Å². The summed E-state index contributed by atoms with van der Waals surface area (Å²) in [7, 11) is 1.54. The van der Waals surface area contributed by atoms with Gasteiger partial charge in [0.05, 0.1) is 7.11 Å². The van der Waals surface area contributed by atoms with Crippen molar-refractivity contribution in [2.24, 2.45) is 0 Å². The molecule has 1 aliphatic heterocycles. The lowest BCUT2D eigenvalue weighted by Gasteiger charge is -2.20. The van der Waals surface area contributed by atoms with Gasteiger partial charge in [-0.3, -0.25) is 0 Å². The Balaban J connectivity index is 1.53. The van der Waals surface area contributed by atoms with Crippen LogP contribution in [0.2, 0.25) is 0 Å². The molecule has 0 saturated carbocycles. The molecule has 1 aliphatic rings. The van der Waals surface area contributed by atoms with Gasteiger partial charge in [0.15, 0.2) is 11.5 Å². The highest BCUT2D eigenvalue weighted by Crippen LogP contribution is 2.40. The molecule has 0 fully saturated rings. The molecule has 0 amide bonds. The lowest BCUT2D eigenvalue weighted by atomic mass is 10.1. The molecular weight excluding hydrogens is 376 g/mol. The second-order valence-electron chi connectivity index (χ2n) is 6.41. The lowest BCUT2D eigenvalue weighted by Crippen LogP contribution is -2.16. The summed E-state index contributed by atoms with van der Waals surface area (Å²) in [5.41, 5.74) is 1.40. The van der Waals surface area contributed by atoms with Gasteiger partial charge in [-0.25, -0.2) is 9.59 Å². The van der Waals surface area contributed by atoms with E-state index >= 15 is 0 Å². The van der Waals surface area contributed by atoms with Gasteiger partial charge < -0.3 is 23.4 Å². The first-order valence-electron chi connectivity index (χ1n) is 8.95. The van der Waals surface area contributed by atoms with Crippen LogP contribution in [0, 0.1) is 6.92 Å². The number of hydrogen-bond donors (Lipinski definition) is 0. The minimum Gasteiger partial charge on any atom is -0.493 e. The van der Waals surface area contributed by atoms with Gasteiger partial charge in [0.2, 0.25) is 5.75 Å². The van der Waals surface area contributed by atoms with E-state index in [0.717, 1.165) is 10.9 Å². The van der Waals surface area contributed by atoms with E-state index in [1.54, 1.807) is 30.3 Å². The van der Waals surface area contributed by atoms with Crippen LogP contribution in [0.5, 0.6) is 23.0 Å². The summed E-state index contributed by atoms with van der Waals surface area (Å²) in [6.45, 7) is 2.72. The largest absolute Gasteiger partial charge is 0.493 e. The maximum Gasteiger partial charge on any atom is 0.336 e. The van der Waals surface area contributed by atoms with Crippen LogP contribution in [0.15, 0.2) is 51.7 Å². The van der Waals surface area contributed by atoms with Gasteiger partial charge in [-0.1, -0.05) is 0 Å². The average molecular weight is 394 g/mol. The van der Waals surface area contributed by atoms with Crippen LogP contribution in [0.1, 0.15) is 11.1 Å². The number of carbonyl (C=O) groups excluding carboxylic acids is 1. The van der Waals surface area contributed by atoms with Gasteiger partial charge in [0.1, 0.15) is 24.5 Å². The van der Waals surface area contributed by atoms with E-state index in [9.17, 15) is 9.59 Å². The van der Waals surface area contributed by atoms with Crippen LogP contribution in [0.25, 0.3) is 17.0 Å². The normalized spacial score (nSPS) is 12.9. The Labute approximate surface area is 166 Å². The van der Waals surface area contributed by atoms with Gasteiger partial charge in [0.25, 0.3) is 0 Å². The zero-order chi connectivity index (χ0) is 20.4. The lowest BCUT2D eigenvalue weighted by molar-refractivity contribution is -0.128. The molecule has 0 saturated heterocycles. The predicted molar refractivity (Wildman–Crippen MR) is 106 cm³/mol. The van der Waals surface area contributed by atoms with Gasteiger partial charge in [0, 0.05) is 23.6 Å². The fourth-order valence-electron chi connectivity index (χ4n) is 3.07. The predicted octanol–water partition coefficient (Wildman–Crippen LogP) is 3.50. The first-order chi connectivity index (χ1) is 14.0. The number of fused-ring (bicyclic) bond motifs is 2. The van der Waals surface area contributed by atoms with Crippen molar-refractivity contribution >= 4 is 23.0 Å². The minimum absolute atomic E-state index is 0.278. The second kappa shape index (κ2) is 7.71. The average Bonchev–Trinajstić information content (AvgIpc) is 2.71. The van der Waals surface area contributed by atoms with E-state index in [1.165, 1.54) is 25.3 Å². The van der Waals surface area contributed by atoms with Crippen molar-refractivity contribution in [3.8, 4) is 23.0 Å². The van der Waals surface area contributed by atoms with Crippen molar-refractivity contribution in [1.82, 2.24) is 0 Å². The van der Waals surface area contributed by atoms with Crippen LogP contribution >= 0.6 is 0 Å². The Morgan fingerprint density at radius 1 is 1.10 bits per heavy atom. The van der Waals surface area contributed by atoms with E-state index in [4.69, 9.17) is 23.4 Å². The molecule has 0 radical (unpaired) electrons. The van der Waals surface area contributed by atoms with Crippen molar-refractivity contribution in [3.63, 3.8) is 0 Å². The maximum absolute atomic E-state index is 12.2. The third-order valence-corrected chi connectivity index (χ3v) is 4.40. The molecule has 148 valence electrons. The molecule has 1 aromatic heterocycles. The topological polar surface area (TPSA) is 84.2 Å². The summed E-state index contributed by atoms with van der Waals surface area (Å²) in [5.74, 6) is 1.33. The maximum atomic E-state index is 12.2. The highest BCUT2D eigenvalue weighted by atomic mass is 16.6. The molecule has 29 heavy (non-hydrogen) atoms. The zero-order valence-electron chi connectivity index (χ0n) is 15.9. The van der Waals surface area contributed by atoms with Crippen LogP contribution < -0.4 is 24.6 Å². The standard InChI is InChI=1S/C22H18O7/c1-13-9-21(24)29-17-12-15(4-5-16(13)17)28-20(23)6-3-14-10-18(25-2)22-19(11-14)26-7-8-27-22/h3-6,9-12H,7-8H2,1-2H3. The summed E-state index contributed by atoms with van der Waals surface area (Å²) in [6.07, 6.45) is 2.88. The van der Waals surface area contributed by atoms with Crippen molar-refractivity contribution < 1.29 is 28.2 Å². The summed E-state index contributed by atoms with van der Waals surface area (Å²) in [5, 5.41) is 0.781. The molecule has 7 heteroatoms. The number of carbonyl (C=O) groups is 1. The number of ether oxygens (including phenoxy) is 4. The molecule has 0 spiro atoms. The summed E-state index contributed by atoms with van der Waals surface area (Å²) in [6, 6.07) is 9.82. The SMILES string of the molecule is COc1cc(C=CC(=O)Oc2ccc3c(C)cc(=O)oc3c2)cc2c1OCCO2. The Bertz CT molecular complexity index is 1160.